The molecule has 30 atom stereocenters. The van der Waals surface area contributed by atoms with Gasteiger partial charge in [-0.15, -0.1) is 0 Å². The smallest absolute Gasteiger partial charge is 0.192 e. The molecule has 22 saturated heterocycles. The first kappa shape index (κ1) is 102. The molecule has 22 heterocycles. The van der Waals surface area contributed by atoms with E-state index >= 15 is 0 Å². The molecule has 33 nitrogen and oxygen atoms in total. The van der Waals surface area contributed by atoms with Gasteiger partial charge in [0.1, 0.15) is 146 Å². The Morgan fingerprint density at radius 2 is 0.457 bits per heavy atom. The summed E-state index contributed by atoms with van der Waals surface area (Å²) in [6.07, 6.45) is -51.8. The Balaban J connectivity index is 1.45. The van der Waals surface area contributed by atoms with Crippen molar-refractivity contribution in [3.63, 3.8) is 0 Å². The summed E-state index contributed by atoms with van der Waals surface area (Å²) in [5.74, 6) is 0. The Kier molecular flexibility index (Phi) is 34.8. The topological polar surface area (TPSA) is 447 Å². The van der Waals surface area contributed by atoms with E-state index in [4.69, 9.17) is 93.7 Å². The molecule has 0 amide bonds. The molecular formula is C77H153N3O30Si6. The minimum atomic E-state index is -2.78. The van der Waals surface area contributed by atoms with Gasteiger partial charge >= 0.3 is 0 Å². The van der Waals surface area contributed by atoms with Crippen LogP contribution in [0.1, 0.15) is 144 Å². The van der Waals surface area contributed by atoms with Crippen molar-refractivity contribution < 1.29 is 144 Å². The molecule has 22 fully saturated rings. The normalized spacial score (nSPS) is 38.4. The molecule has 0 radical (unpaired) electrons. The second kappa shape index (κ2) is 39.3. The van der Waals surface area contributed by atoms with Crippen LogP contribution in [0.3, 0.4) is 0 Å². The van der Waals surface area contributed by atoms with Gasteiger partial charge in [0.2, 0.25) is 0 Å². The summed E-state index contributed by atoms with van der Waals surface area (Å²) in [5, 5.41) is 142. The van der Waals surface area contributed by atoms with Crippen LogP contribution in [0.5, 0.6) is 0 Å². The molecule has 0 unspecified atom stereocenters. The number of rotatable bonds is 25. The van der Waals surface area contributed by atoms with Crippen molar-refractivity contribution in [1.29, 1.82) is 0 Å². The second-order valence-electron chi connectivity index (χ2n) is 42.0. The Morgan fingerprint density at radius 1 is 0.267 bits per heavy atom. The molecule has 22 rings (SSSR count). The third kappa shape index (κ3) is 24.4. The van der Waals surface area contributed by atoms with Gasteiger partial charge in [0, 0.05) is 18.1 Å². The number of azide groups is 1. The van der Waals surface area contributed by atoms with E-state index in [2.05, 4.69) is 10.0 Å². The Bertz CT molecular complexity index is 3110. The fourth-order valence-electron chi connectivity index (χ4n) is 12.8. The van der Waals surface area contributed by atoms with E-state index in [1.54, 1.807) is 0 Å². The van der Waals surface area contributed by atoms with Gasteiger partial charge in [-0.25, -0.2) is 0 Å². The minimum Gasteiger partial charge on any atom is -0.414 e. The number of aliphatic hydroxyl groups excluding tert-OH is 11. The largest absolute Gasteiger partial charge is 0.414 e. The summed E-state index contributed by atoms with van der Waals surface area (Å²) >= 11 is 0. The maximum absolute atomic E-state index is 13.4. The van der Waals surface area contributed by atoms with Crippen molar-refractivity contribution in [1.82, 2.24) is 0 Å². The average Bonchev–Trinajstić information content (AvgIpc) is 0.760. The van der Waals surface area contributed by atoms with Crippen LogP contribution in [0.4, 0.5) is 0 Å². The molecule has 0 saturated carbocycles. The van der Waals surface area contributed by atoms with Crippen molar-refractivity contribution in [2.24, 2.45) is 5.11 Å². The van der Waals surface area contributed by atoms with Crippen LogP contribution < -0.4 is 0 Å². The van der Waals surface area contributed by atoms with E-state index in [1.165, 1.54) is 0 Å². The zero-order valence-corrected chi connectivity index (χ0v) is 81.1. The first-order chi connectivity index (χ1) is 52.8. The molecule has 0 aromatic carbocycles. The van der Waals surface area contributed by atoms with Crippen molar-refractivity contribution in [3.05, 3.63) is 10.4 Å². The lowest BCUT2D eigenvalue weighted by Crippen LogP contribution is -2.69. The standard InChI is InChI=1S/C77H153N3O30Si6/c1-72(2,3)111(19,20)93-36-42-59-48(81)53(86)66(99-42)105-60-43(37-94-112(21,22)73(4,5)6)100-68(54(87)49(60)82)107-62-45(39-96-114(25,26)75(10,11)12)102-70(56(89)51(62)84)109-64-47(41-98-116(29,30)77(16,17)18)104-71(65(58(64)91)92-35-33-31-32-34-79-80-78)110-63-46(40-97-115(27,28)76(13,14)15)103-69(57(90)52(63)85)108-61-44(38-95-113(23,24)74(7,8)9)101-67(106-59)55(88)50(61)83/h42-71,81-91H,31-41H2,1-30H3/t42-,43-,44-,45-,46-,47-,48-,49-,50-,51-,52-,53-,54-,55-,56-,57-,58+,59-,60-,61-,62-,63-,64-,65-,66-,67-,68-,69-,70-,71-/m1/s1. The van der Waals surface area contributed by atoms with Crippen molar-refractivity contribution in [3.8, 4) is 0 Å². The van der Waals surface area contributed by atoms with E-state index in [0.717, 1.165) is 0 Å². The molecule has 116 heavy (non-hydrogen) atoms. The van der Waals surface area contributed by atoms with Gasteiger partial charge in [-0.05, 0) is 127 Å². The van der Waals surface area contributed by atoms with Crippen LogP contribution in [0, 0.1) is 0 Å². The Hall–Kier alpha value is -0.589. The summed E-state index contributed by atoms with van der Waals surface area (Å²) in [4.78, 5) is 2.88. The molecule has 680 valence electrons. The Labute approximate surface area is 695 Å². The number of hydrogen-bond donors (Lipinski definition) is 11. The number of nitrogens with zero attached hydrogens (tertiary/aromatic N) is 3. The molecule has 39 heteroatoms. The molecule has 0 spiro atoms. The van der Waals surface area contributed by atoms with Gasteiger partial charge in [0.05, 0.1) is 39.6 Å². The molecule has 22 aliphatic heterocycles. The highest BCUT2D eigenvalue weighted by molar-refractivity contribution is 6.76. The fourth-order valence-corrected chi connectivity index (χ4v) is 18.9. The van der Waals surface area contributed by atoms with Crippen LogP contribution in [0.25, 0.3) is 10.4 Å². The van der Waals surface area contributed by atoms with Gasteiger partial charge < -0.3 is 144 Å². The van der Waals surface area contributed by atoms with E-state index in [1.807, 2.05) is 203 Å². The predicted molar refractivity (Wildman–Crippen MR) is 444 cm³/mol. The van der Waals surface area contributed by atoms with E-state index in [9.17, 15) is 56.2 Å². The van der Waals surface area contributed by atoms with E-state index in [0.29, 0.717) is 19.3 Å². The summed E-state index contributed by atoms with van der Waals surface area (Å²) < 4.78 is 129. The molecule has 12 bridgehead atoms. The van der Waals surface area contributed by atoms with Gasteiger partial charge in [0.15, 0.2) is 87.6 Å². The lowest BCUT2D eigenvalue weighted by molar-refractivity contribution is -0.404. The van der Waals surface area contributed by atoms with Crippen molar-refractivity contribution in [2.45, 2.75) is 437 Å². The molecule has 0 aliphatic carbocycles. The maximum atomic E-state index is 13.4. The average molecular weight is 1770 g/mol. The SMILES string of the molecule is CC(C)(C)[Si](C)(C)OC[C@H]1O[C@@H]2O[C@H]3[C@H](O)[C@@H](O)[C@@H](O[C@H]4[C@H](O)[C@@H](O)[C@@H](O[C@H]5[C@H](O)[C@@H](OCCCCCN=[N+]=[N-])[C@@H](O[C@H]6[C@H](O)[C@@H](O)[C@@H](O[C@H]7[C@H](O)[C@@H](O)[C@@H](O[C@H]1[C@H](O)[C@H]2O)O[C@@H]7CO[Si](C)(C)C(C)(C)C)O[C@@H]6CO[Si](C)(C)C(C)(C)C)O[C@@H]5CO[Si](C)(C)C(C)(C)C)O[C@@H]4CO[Si](C)(C)C(C)(C)C)O[C@@H]3CO[Si](C)(C)C(C)(C)C. The second-order valence-corrected chi connectivity index (χ2v) is 70.9. The quantitative estimate of drug-likeness (QED) is 0.0137. The van der Waals surface area contributed by atoms with Crippen LogP contribution in [0.2, 0.25) is 109 Å². The molecule has 0 aromatic rings. The van der Waals surface area contributed by atoms with Gasteiger partial charge in [0.25, 0.3) is 0 Å². The lowest BCUT2D eigenvalue weighted by Gasteiger charge is -2.52. The molecule has 22 aliphatic rings. The third-order valence-electron chi connectivity index (χ3n) is 27.3. The maximum Gasteiger partial charge on any atom is 0.192 e. The minimum absolute atomic E-state index is 0.0695. The molecule has 0 aromatic heterocycles. The number of aliphatic hydroxyl groups is 11. The zero-order valence-electron chi connectivity index (χ0n) is 75.1. The summed E-state index contributed by atoms with van der Waals surface area (Å²) in [5.41, 5.74) is 9.07. The van der Waals surface area contributed by atoms with E-state index < -0.39 is 264 Å². The van der Waals surface area contributed by atoms with Crippen molar-refractivity contribution >= 4 is 49.9 Å². The van der Waals surface area contributed by atoms with Crippen molar-refractivity contribution in [2.75, 3.05) is 52.8 Å². The zero-order chi connectivity index (χ0) is 87.9. The predicted octanol–water partition coefficient (Wildman–Crippen LogP) is 7.63. The number of unbranched alkanes of at least 4 members (excludes halogenated alkanes) is 2. The van der Waals surface area contributed by atoms with Crippen LogP contribution >= 0.6 is 0 Å². The first-order valence-corrected chi connectivity index (χ1v) is 59.1. The van der Waals surface area contributed by atoms with Crippen LogP contribution in [-0.4, -0.2) is 343 Å². The summed E-state index contributed by atoms with van der Waals surface area (Å²) in [6.45, 7) is 58.6. The summed E-state index contributed by atoms with van der Waals surface area (Å²) in [7, 11) is -16.6. The van der Waals surface area contributed by atoms with Gasteiger partial charge in [-0.1, -0.05) is 136 Å². The van der Waals surface area contributed by atoms with E-state index in [-0.39, 0.29) is 52.8 Å². The van der Waals surface area contributed by atoms with Gasteiger partial charge in [-0.3, -0.25) is 0 Å². The highest BCUT2D eigenvalue weighted by Gasteiger charge is 2.62. The number of hydrogen-bond acceptors (Lipinski definition) is 31. The molecular weight excluding hydrogens is 1620 g/mol. The first-order valence-electron chi connectivity index (χ1n) is 41.6. The van der Waals surface area contributed by atoms with Crippen LogP contribution in [0.15, 0.2) is 5.11 Å². The Morgan fingerprint density at radius 3 is 0.655 bits per heavy atom. The third-order valence-corrected chi connectivity index (χ3v) is 54.3. The highest BCUT2D eigenvalue weighted by atomic mass is 28.4. The number of ether oxygens (including phenoxy) is 13. The molecule has 11 N–H and O–H groups in total. The fraction of sp³-hybridized carbons (Fsp3) is 1.00. The summed E-state index contributed by atoms with van der Waals surface area (Å²) in [6, 6.07) is 0. The lowest BCUT2D eigenvalue weighted by atomic mass is 9.94. The van der Waals surface area contributed by atoms with Crippen LogP contribution in [-0.2, 0) is 88.1 Å². The highest BCUT2D eigenvalue weighted by Crippen LogP contribution is 2.47. The monoisotopic (exact) mass is 1770 g/mol. The van der Waals surface area contributed by atoms with Gasteiger partial charge in [-0.2, -0.15) is 0 Å².